The van der Waals surface area contributed by atoms with Gasteiger partial charge in [0.15, 0.2) is 5.13 Å². The summed E-state index contributed by atoms with van der Waals surface area (Å²) in [6.45, 7) is 3.33. The summed E-state index contributed by atoms with van der Waals surface area (Å²) in [6.07, 6.45) is 3.01. The van der Waals surface area contributed by atoms with Crippen molar-refractivity contribution in [2.75, 3.05) is 4.90 Å². The van der Waals surface area contributed by atoms with Crippen LogP contribution in [0.5, 0.6) is 0 Å². The molecule has 2 aromatic carbocycles. The molecule has 154 valence electrons. The lowest BCUT2D eigenvalue weighted by Gasteiger charge is -2.17. The van der Waals surface area contributed by atoms with Crippen molar-refractivity contribution in [3.63, 3.8) is 0 Å². The van der Waals surface area contributed by atoms with Crippen LogP contribution >= 0.6 is 34.5 Å². The van der Waals surface area contributed by atoms with E-state index in [1.807, 2.05) is 37.3 Å². The zero-order valence-corrected chi connectivity index (χ0v) is 18.6. The molecule has 2 amide bonds. The fourth-order valence-corrected chi connectivity index (χ4v) is 4.24. The number of hydrogen-bond acceptors (Lipinski definition) is 4. The molecule has 0 aliphatic heterocycles. The van der Waals surface area contributed by atoms with Crippen LogP contribution in [-0.4, -0.2) is 16.8 Å². The maximum absolute atomic E-state index is 12.3. The zero-order valence-electron chi connectivity index (χ0n) is 16.3. The number of nitrogens with zero attached hydrogens (tertiary/aromatic N) is 2. The Labute approximate surface area is 189 Å². The SMILES string of the molecule is CC(=O)N(c1ccccc1)c1nc(/C=C/C(=O)NC(C)c2ccc(Cl)cc2Cl)cs1. The number of hydrogen-bond donors (Lipinski definition) is 1. The van der Waals surface area contributed by atoms with Gasteiger partial charge < -0.3 is 5.32 Å². The molecule has 0 spiro atoms. The lowest BCUT2D eigenvalue weighted by Crippen LogP contribution is -2.24. The summed E-state index contributed by atoms with van der Waals surface area (Å²) in [4.78, 5) is 30.4. The second-order valence-electron chi connectivity index (χ2n) is 6.47. The molecule has 3 aromatic rings. The first-order chi connectivity index (χ1) is 14.3. The van der Waals surface area contributed by atoms with E-state index in [1.165, 1.54) is 29.2 Å². The lowest BCUT2D eigenvalue weighted by molar-refractivity contribution is -0.117. The van der Waals surface area contributed by atoms with Crippen LogP contribution in [0.3, 0.4) is 0 Å². The number of nitrogens with one attached hydrogen (secondary N) is 1. The van der Waals surface area contributed by atoms with Crippen molar-refractivity contribution in [3.8, 4) is 0 Å². The van der Waals surface area contributed by atoms with Crippen LogP contribution in [0.1, 0.15) is 31.1 Å². The quantitative estimate of drug-likeness (QED) is 0.458. The summed E-state index contributed by atoms with van der Waals surface area (Å²) < 4.78 is 0. The molecule has 1 unspecified atom stereocenters. The highest BCUT2D eigenvalue weighted by Gasteiger charge is 2.17. The molecule has 8 heteroatoms. The van der Waals surface area contributed by atoms with Gasteiger partial charge in [-0.2, -0.15) is 0 Å². The Hall–Kier alpha value is -2.67. The van der Waals surface area contributed by atoms with Gasteiger partial charge in [-0.05, 0) is 42.8 Å². The van der Waals surface area contributed by atoms with E-state index in [1.54, 1.807) is 29.7 Å². The molecule has 1 heterocycles. The molecule has 1 atom stereocenters. The topological polar surface area (TPSA) is 62.3 Å². The molecule has 3 rings (SSSR count). The summed E-state index contributed by atoms with van der Waals surface area (Å²) in [5.74, 6) is -0.424. The van der Waals surface area contributed by atoms with E-state index in [0.29, 0.717) is 20.9 Å². The molecular formula is C22H19Cl2N3O2S. The average molecular weight is 460 g/mol. The number of rotatable bonds is 6. The second kappa shape index (κ2) is 9.89. The normalized spacial score (nSPS) is 12.0. The Morgan fingerprint density at radius 1 is 1.17 bits per heavy atom. The third-order valence-electron chi connectivity index (χ3n) is 4.22. The minimum Gasteiger partial charge on any atom is -0.346 e. The predicted octanol–water partition coefficient (Wildman–Crippen LogP) is 6.03. The molecule has 1 N–H and O–H groups in total. The average Bonchev–Trinajstić information content (AvgIpc) is 3.15. The summed E-state index contributed by atoms with van der Waals surface area (Å²) >= 11 is 13.4. The molecule has 0 radical (unpaired) electrons. The van der Waals surface area contributed by atoms with E-state index >= 15 is 0 Å². The molecule has 1 aromatic heterocycles. The number of carbonyl (C=O) groups excluding carboxylic acids is 2. The number of para-hydroxylation sites is 1. The summed E-state index contributed by atoms with van der Waals surface area (Å²) in [5.41, 5.74) is 2.10. The van der Waals surface area contributed by atoms with E-state index in [9.17, 15) is 9.59 Å². The maximum atomic E-state index is 12.3. The first kappa shape index (κ1) is 22.0. The van der Waals surface area contributed by atoms with Crippen LogP contribution in [0.25, 0.3) is 6.08 Å². The van der Waals surface area contributed by atoms with Crippen LogP contribution in [0.2, 0.25) is 10.0 Å². The van der Waals surface area contributed by atoms with E-state index < -0.39 is 0 Å². The molecule has 0 saturated carbocycles. The third kappa shape index (κ3) is 5.48. The standard InChI is InChI=1S/C22H19Cl2N3O2S/c1-14(19-10-8-16(23)12-20(19)24)25-21(29)11-9-17-13-30-22(26-17)27(15(2)28)18-6-4-3-5-7-18/h3-14H,1-2H3,(H,25,29)/b11-9+. The Morgan fingerprint density at radius 2 is 1.90 bits per heavy atom. The Balaban J connectivity index is 1.69. The van der Waals surface area contributed by atoms with Gasteiger partial charge in [-0.3, -0.25) is 14.5 Å². The van der Waals surface area contributed by atoms with Crippen molar-refractivity contribution in [3.05, 3.63) is 81.3 Å². The minimum absolute atomic E-state index is 0.141. The lowest BCUT2D eigenvalue weighted by atomic mass is 10.1. The van der Waals surface area contributed by atoms with Crippen LogP contribution in [-0.2, 0) is 9.59 Å². The van der Waals surface area contributed by atoms with Crippen molar-refractivity contribution in [1.29, 1.82) is 0 Å². The van der Waals surface area contributed by atoms with E-state index in [2.05, 4.69) is 10.3 Å². The van der Waals surface area contributed by atoms with Crippen molar-refractivity contribution in [2.24, 2.45) is 0 Å². The zero-order chi connectivity index (χ0) is 21.7. The molecule has 0 saturated heterocycles. The predicted molar refractivity (Wildman–Crippen MR) is 123 cm³/mol. The number of carbonyl (C=O) groups is 2. The Morgan fingerprint density at radius 3 is 2.57 bits per heavy atom. The molecule has 0 aliphatic carbocycles. The minimum atomic E-state index is -0.288. The highest BCUT2D eigenvalue weighted by Crippen LogP contribution is 2.29. The van der Waals surface area contributed by atoms with Gasteiger partial charge >= 0.3 is 0 Å². The van der Waals surface area contributed by atoms with Crippen LogP contribution in [0.4, 0.5) is 10.8 Å². The van der Waals surface area contributed by atoms with E-state index in [-0.39, 0.29) is 17.9 Å². The van der Waals surface area contributed by atoms with Gasteiger partial charge in [0, 0.05) is 28.4 Å². The second-order valence-corrected chi connectivity index (χ2v) is 8.15. The number of anilines is 2. The van der Waals surface area contributed by atoms with Gasteiger partial charge in [-0.1, -0.05) is 47.5 Å². The van der Waals surface area contributed by atoms with Gasteiger partial charge in [-0.15, -0.1) is 11.3 Å². The maximum Gasteiger partial charge on any atom is 0.244 e. The number of thiazole rings is 1. The van der Waals surface area contributed by atoms with E-state index in [4.69, 9.17) is 23.2 Å². The third-order valence-corrected chi connectivity index (χ3v) is 5.63. The van der Waals surface area contributed by atoms with Gasteiger partial charge in [0.2, 0.25) is 11.8 Å². The molecule has 30 heavy (non-hydrogen) atoms. The number of amides is 2. The first-order valence-electron chi connectivity index (χ1n) is 9.10. The van der Waals surface area contributed by atoms with Crippen LogP contribution < -0.4 is 10.2 Å². The monoisotopic (exact) mass is 459 g/mol. The Bertz CT molecular complexity index is 1080. The van der Waals surface area contributed by atoms with Crippen molar-refractivity contribution >= 4 is 63.2 Å². The molecular weight excluding hydrogens is 441 g/mol. The molecule has 0 bridgehead atoms. The highest BCUT2D eigenvalue weighted by molar-refractivity contribution is 7.14. The van der Waals surface area contributed by atoms with Gasteiger partial charge in [-0.25, -0.2) is 4.98 Å². The summed E-state index contributed by atoms with van der Waals surface area (Å²) in [5, 5.41) is 6.22. The fraction of sp³-hybridized carbons (Fsp3) is 0.136. The fourth-order valence-electron chi connectivity index (χ4n) is 2.81. The number of benzene rings is 2. The molecule has 0 fully saturated rings. The summed E-state index contributed by atoms with van der Waals surface area (Å²) in [6, 6.07) is 14.2. The molecule has 5 nitrogen and oxygen atoms in total. The van der Waals surface area contributed by atoms with Crippen LogP contribution in [0, 0.1) is 0 Å². The van der Waals surface area contributed by atoms with Gasteiger partial charge in [0.1, 0.15) is 0 Å². The smallest absolute Gasteiger partial charge is 0.244 e. The van der Waals surface area contributed by atoms with Crippen molar-refractivity contribution in [1.82, 2.24) is 10.3 Å². The van der Waals surface area contributed by atoms with Gasteiger partial charge in [0.25, 0.3) is 0 Å². The number of aromatic nitrogens is 1. The Kier molecular flexibility index (Phi) is 7.26. The summed E-state index contributed by atoms with van der Waals surface area (Å²) in [7, 11) is 0. The van der Waals surface area contributed by atoms with Crippen molar-refractivity contribution in [2.45, 2.75) is 19.9 Å². The first-order valence-corrected chi connectivity index (χ1v) is 10.7. The van der Waals surface area contributed by atoms with E-state index in [0.717, 1.165) is 11.3 Å². The largest absolute Gasteiger partial charge is 0.346 e. The van der Waals surface area contributed by atoms with Crippen LogP contribution in [0.15, 0.2) is 60.0 Å². The number of halogens is 2. The van der Waals surface area contributed by atoms with Gasteiger partial charge in [0.05, 0.1) is 17.4 Å². The highest BCUT2D eigenvalue weighted by atomic mass is 35.5. The van der Waals surface area contributed by atoms with Crippen molar-refractivity contribution < 1.29 is 9.59 Å². The molecule has 0 aliphatic rings.